The molecule has 17 heavy (non-hydrogen) atoms. The molecule has 0 radical (unpaired) electrons. The van der Waals surface area contributed by atoms with Crippen LogP contribution in [0.3, 0.4) is 0 Å². The Morgan fingerprint density at radius 2 is 2.24 bits per heavy atom. The second kappa shape index (κ2) is 6.34. The number of carbonyl (C=O) groups is 3. The fraction of sp³-hybridized carbons (Fsp3) is 0.727. The molecule has 1 heterocycles. The van der Waals surface area contributed by atoms with Gasteiger partial charge in [-0.1, -0.05) is 13.3 Å². The van der Waals surface area contributed by atoms with Gasteiger partial charge in [-0.15, -0.1) is 0 Å². The Kier molecular flexibility index (Phi) is 5.09. The first kappa shape index (κ1) is 13.6. The third kappa shape index (κ3) is 3.81. The Labute approximate surface area is 101 Å². The van der Waals surface area contributed by atoms with E-state index in [2.05, 4.69) is 10.6 Å². The molecule has 1 rings (SSSR count). The van der Waals surface area contributed by atoms with Gasteiger partial charge < -0.3 is 5.32 Å². The van der Waals surface area contributed by atoms with Crippen LogP contribution in [0.4, 0.5) is 0 Å². The topological polar surface area (TPSA) is 78.5 Å². The summed E-state index contributed by atoms with van der Waals surface area (Å²) in [6.45, 7) is 4.22. The molecule has 1 atom stereocenters. The van der Waals surface area contributed by atoms with Gasteiger partial charge in [-0.3, -0.25) is 24.6 Å². The smallest absolute Gasteiger partial charge is 0.246 e. The summed E-state index contributed by atoms with van der Waals surface area (Å²) in [5.74, 6) is -0.972. The van der Waals surface area contributed by atoms with Gasteiger partial charge in [0, 0.05) is 6.54 Å². The van der Waals surface area contributed by atoms with Crippen LogP contribution in [0.5, 0.6) is 0 Å². The number of hydrogen-bond acceptors (Lipinski definition) is 4. The molecule has 3 amide bonds. The number of nitrogens with zero attached hydrogens (tertiary/aromatic N) is 1. The lowest BCUT2D eigenvalue weighted by atomic mass is 10.2. The molecule has 6 nitrogen and oxygen atoms in total. The molecular formula is C11H19N3O3. The molecule has 1 fully saturated rings. The lowest BCUT2D eigenvalue weighted by molar-refractivity contribution is -0.151. The van der Waals surface area contributed by atoms with Gasteiger partial charge in [-0.2, -0.15) is 0 Å². The van der Waals surface area contributed by atoms with Crippen molar-refractivity contribution in [2.45, 2.75) is 32.7 Å². The molecular weight excluding hydrogens is 222 g/mol. The summed E-state index contributed by atoms with van der Waals surface area (Å²) in [6.07, 6.45) is 1.88. The Hall–Kier alpha value is -1.43. The lowest BCUT2D eigenvalue weighted by Gasteiger charge is -2.29. The highest BCUT2D eigenvalue weighted by Crippen LogP contribution is 2.01. The molecule has 0 aromatic heterocycles. The van der Waals surface area contributed by atoms with Crippen LogP contribution < -0.4 is 10.6 Å². The maximum Gasteiger partial charge on any atom is 0.246 e. The molecule has 0 aromatic rings. The van der Waals surface area contributed by atoms with Gasteiger partial charge >= 0.3 is 0 Å². The fourth-order valence-corrected chi connectivity index (χ4v) is 1.55. The van der Waals surface area contributed by atoms with E-state index in [9.17, 15) is 14.4 Å². The maximum atomic E-state index is 11.7. The van der Waals surface area contributed by atoms with Gasteiger partial charge in [0.05, 0.1) is 12.6 Å². The molecule has 2 N–H and O–H groups in total. The number of hydrogen-bond donors (Lipinski definition) is 2. The van der Waals surface area contributed by atoms with Crippen molar-refractivity contribution in [2.75, 3.05) is 19.6 Å². The first-order valence-electron chi connectivity index (χ1n) is 5.90. The van der Waals surface area contributed by atoms with Crippen molar-refractivity contribution < 1.29 is 14.4 Å². The summed E-state index contributed by atoms with van der Waals surface area (Å²) in [5, 5.41) is 5.45. The molecule has 1 aliphatic rings. The minimum Gasteiger partial charge on any atom is -0.355 e. The minimum absolute atomic E-state index is 0.106. The highest BCUT2D eigenvalue weighted by Gasteiger charge is 2.32. The highest BCUT2D eigenvalue weighted by molar-refractivity contribution is 6.03. The molecule has 1 unspecified atom stereocenters. The van der Waals surface area contributed by atoms with Crippen LogP contribution in [0.25, 0.3) is 0 Å². The molecule has 0 aromatic carbocycles. The van der Waals surface area contributed by atoms with Crippen molar-refractivity contribution in [3.8, 4) is 0 Å². The molecule has 0 spiro atoms. The summed E-state index contributed by atoms with van der Waals surface area (Å²) in [4.78, 5) is 35.7. The van der Waals surface area contributed by atoms with E-state index in [0.29, 0.717) is 6.54 Å². The van der Waals surface area contributed by atoms with E-state index in [-0.39, 0.29) is 30.8 Å². The number of carbonyl (C=O) groups excluding carboxylic acids is 3. The SMILES string of the molecule is CCCCNC(=O)CN1C(=O)CNC(C)C1=O. The third-order valence-corrected chi connectivity index (χ3v) is 2.65. The second-order valence-electron chi connectivity index (χ2n) is 4.12. The molecule has 0 saturated carbocycles. The van der Waals surface area contributed by atoms with Crippen LogP contribution in [-0.4, -0.2) is 48.3 Å². The molecule has 1 saturated heterocycles. The van der Waals surface area contributed by atoms with Crippen molar-refractivity contribution in [1.82, 2.24) is 15.5 Å². The predicted octanol–water partition coefficient (Wildman–Crippen LogP) is -0.750. The van der Waals surface area contributed by atoms with Gasteiger partial charge in [0.2, 0.25) is 17.7 Å². The van der Waals surface area contributed by atoms with Crippen LogP contribution in [0, 0.1) is 0 Å². The van der Waals surface area contributed by atoms with Crippen LogP contribution in [-0.2, 0) is 14.4 Å². The minimum atomic E-state index is -0.406. The molecule has 0 aliphatic carbocycles. The zero-order valence-electron chi connectivity index (χ0n) is 10.3. The zero-order valence-corrected chi connectivity index (χ0v) is 10.3. The van der Waals surface area contributed by atoms with E-state index in [0.717, 1.165) is 17.7 Å². The summed E-state index contributed by atoms with van der Waals surface area (Å²) in [5.41, 5.74) is 0. The van der Waals surface area contributed by atoms with Gasteiger partial charge in [-0.25, -0.2) is 0 Å². The van der Waals surface area contributed by atoms with E-state index < -0.39 is 6.04 Å². The van der Waals surface area contributed by atoms with E-state index in [1.807, 2.05) is 6.92 Å². The fourth-order valence-electron chi connectivity index (χ4n) is 1.55. The molecule has 96 valence electrons. The standard InChI is InChI=1S/C11H19N3O3/c1-3-4-5-12-9(15)7-14-10(16)6-13-8(2)11(14)17/h8,13H,3-7H2,1-2H3,(H,12,15). The van der Waals surface area contributed by atoms with Crippen LogP contribution in [0.2, 0.25) is 0 Å². The number of piperazine rings is 1. The number of amides is 3. The van der Waals surface area contributed by atoms with Crippen LogP contribution >= 0.6 is 0 Å². The van der Waals surface area contributed by atoms with Crippen molar-refractivity contribution in [3.05, 3.63) is 0 Å². The Bertz CT molecular complexity index is 317. The monoisotopic (exact) mass is 241 g/mol. The van der Waals surface area contributed by atoms with Crippen molar-refractivity contribution in [2.24, 2.45) is 0 Å². The number of rotatable bonds is 5. The second-order valence-corrected chi connectivity index (χ2v) is 4.12. The van der Waals surface area contributed by atoms with Gasteiger partial charge in [0.25, 0.3) is 0 Å². The van der Waals surface area contributed by atoms with Crippen molar-refractivity contribution in [3.63, 3.8) is 0 Å². The van der Waals surface area contributed by atoms with Gasteiger partial charge in [-0.05, 0) is 13.3 Å². The number of nitrogens with one attached hydrogen (secondary N) is 2. The van der Waals surface area contributed by atoms with Crippen molar-refractivity contribution in [1.29, 1.82) is 0 Å². The molecule has 1 aliphatic heterocycles. The molecule has 6 heteroatoms. The Balaban J connectivity index is 2.45. The Morgan fingerprint density at radius 1 is 1.53 bits per heavy atom. The van der Waals surface area contributed by atoms with E-state index in [1.165, 1.54) is 0 Å². The average molecular weight is 241 g/mol. The number of imide groups is 1. The summed E-state index contributed by atoms with van der Waals surface area (Å²) in [6, 6.07) is -0.406. The Morgan fingerprint density at radius 3 is 2.88 bits per heavy atom. The predicted molar refractivity (Wildman–Crippen MR) is 62.1 cm³/mol. The van der Waals surface area contributed by atoms with E-state index >= 15 is 0 Å². The van der Waals surface area contributed by atoms with Crippen molar-refractivity contribution >= 4 is 17.7 Å². The highest BCUT2D eigenvalue weighted by atomic mass is 16.2. The summed E-state index contributed by atoms with van der Waals surface area (Å²) < 4.78 is 0. The maximum absolute atomic E-state index is 11.7. The summed E-state index contributed by atoms with van der Waals surface area (Å²) in [7, 11) is 0. The first-order valence-corrected chi connectivity index (χ1v) is 5.90. The van der Waals surface area contributed by atoms with E-state index in [4.69, 9.17) is 0 Å². The molecule has 0 bridgehead atoms. The van der Waals surface area contributed by atoms with Gasteiger partial charge in [0.15, 0.2) is 0 Å². The average Bonchev–Trinajstić information content (AvgIpc) is 2.30. The largest absolute Gasteiger partial charge is 0.355 e. The van der Waals surface area contributed by atoms with E-state index in [1.54, 1.807) is 6.92 Å². The van der Waals surface area contributed by atoms with Crippen LogP contribution in [0.1, 0.15) is 26.7 Å². The lowest BCUT2D eigenvalue weighted by Crippen LogP contribution is -2.58. The summed E-state index contributed by atoms with van der Waals surface area (Å²) >= 11 is 0. The quantitative estimate of drug-likeness (QED) is 0.490. The number of unbranched alkanes of at least 4 members (excludes halogenated alkanes) is 1. The van der Waals surface area contributed by atoms with Gasteiger partial charge in [0.1, 0.15) is 6.54 Å². The zero-order chi connectivity index (χ0) is 12.8. The van der Waals surface area contributed by atoms with Crippen LogP contribution in [0.15, 0.2) is 0 Å². The first-order chi connectivity index (χ1) is 8.06. The normalized spacial score (nSPS) is 20.6. The third-order valence-electron chi connectivity index (χ3n) is 2.65.